The zero-order chi connectivity index (χ0) is 13.2. The Bertz CT molecular complexity index is 611. The Morgan fingerprint density at radius 3 is 3.16 bits per heavy atom. The Kier molecular flexibility index (Phi) is 2.86. The van der Waals surface area contributed by atoms with Crippen LogP contribution in [0.15, 0.2) is 24.3 Å². The molecule has 98 valence electrons. The van der Waals surface area contributed by atoms with Crippen LogP contribution in [0.25, 0.3) is 0 Å². The third-order valence-corrected chi connectivity index (χ3v) is 3.11. The molecule has 7 heteroatoms. The molecular formula is C12H12N4O3. The van der Waals surface area contributed by atoms with E-state index in [4.69, 9.17) is 9.84 Å². The molecule has 0 amide bonds. The average Bonchev–Trinajstić information content (AvgIpc) is 2.85. The number of hydrogen-bond donors (Lipinski definition) is 1. The van der Waals surface area contributed by atoms with Crippen molar-refractivity contribution >= 4 is 5.97 Å². The molecule has 0 saturated carbocycles. The first kappa shape index (κ1) is 11.6. The second kappa shape index (κ2) is 4.68. The molecule has 0 aliphatic carbocycles. The van der Waals surface area contributed by atoms with Crippen molar-refractivity contribution in [3.63, 3.8) is 0 Å². The largest absolute Gasteiger partial charge is 0.493 e. The number of aromatic nitrogens is 4. The van der Waals surface area contributed by atoms with Gasteiger partial charge in [-0.05, 0) is 22.9 Å². The highest BCUT2D eigenvalue weighted by atomic mass is 16.5. The zero-order valence-corrected chi connectivity index (χ0v) is 10.1. The summed E-state index contributed by atoms with van der Waals surface area (Å²) in [4.78, 5) is 10.8. The molecule has 1 aromatic carbocycles. The highest BCUT2D eigenvalue weighted by molar-refractivity contribution is 5.66. The zero-order valence-electron chi connectivity index (χ0n) is 10.1. The summed E-state index contributed by atoms with van der Waals surface area (Å²) in [5, 5.41) is 20.2. The second-order valence-electron chi connectivity index (χ2n) is 4.32. The van der Waals surface area contributed by atoms with E-state index >= 15 is 0 Å². The van der Waals surface area contributed by atoms with E-state index in [9.17, 15) is 4.79 Å². The Hall–Kier alpha value is -2.44. The van der Waals surface area contributed by atoms with Crippen LogP contribution in [0, 0.1) is 0 Å². The lowest BCUT2D eigenvalue weighted by Gasteiger charge is -2.24. The van der Waals surface area contributed by atoms with Crippen molar-refractivity contribution in [3.05, 3.63) is 35.7 Å². The van der Waals surface area contributed by atoms with E-state index in [1.807, 2.05) is 24.3 Å². The molecule has 0 saturated heterocycles. The number of benzene rings is 1. The fraction of sp³-hybridized carbons (Fsp3) is 0.333. The van der Waals surface area contributed by atoms with Crippen LogP contribution in [0.4, 0.5) is 0 Å². The molecule has 0 fully saturated rings. The summed E-state index contributed by atoms with van der Waals surface area (Å²) >= 11 is 0. The quantitative estimate of drug-likeness (QED) is 0.872. The van der Waals surface area contributed by atoms with Gasteiger partial charge in [-0.1, -0.05) is 18.2 Å². The van der Waals surface area contributed by atoms with Crippen molar-refractivity contribution in [2.45, 2.75) is 18.9 Å². The number of ether oxygens (including phenoxy) is 1. The van der Waals surface area contributed by atoms with Crippen LogP contribution in [-0.4, -0.2) is 37.9 Å². The van der Waals surface area contributed by atoms with Gasteiger partial charge in [-0.15, -0.1) is 5.10 Å². The van der Waals surface area contributed by atoms with Gasteiger partial charge in [0.1, 0.15) is 12.3 Å². The molecular weight excluding hydrogens is 248 g/mol. The van der Waals surface area contributed by atoms with Gasteiger partial charge in [0, 0.05) is 5.56 Å². The second-order valence-corrected chi connectivity index (χ2v) is 4.32. The number of fused-ring (bicyclic) bond motifs is 1. The molecule has 1 N–H and O–H groups in total. The van der Waals surface area contributed by atoms with E-state index in [0.717, 1.165) is 17.7 Å². The molecule has 1 aliphatic rings. The molecule has 0 spiro atoms. The van der Waals surface area contributed by atoms with E-state index in [-0.39, 0.29) is 12.5 Å². The standard InChI is InChI=1S/C12H12N4O3/c17-11(18)7-16-12(13-14-15-16)9-5-6-19-10-4-2-1-3-8(9)10/h1-4,9H,5-7H2,(H,17,18). The summed E-state index contributed by atoms with van der Waals surface area (Å²) in [6.07, 6.45) is 0.733. The maximum atomic E-state index is 10.8. The number of rotatable bonds is 3. The van der Waals surface area contributed by atoms with Gasteiger partial charge >= 0.3 is 5.97 Å². The first-order chi connectivity index (χ1) is 9.25. The van der Waals surface area contributed by atoms with Crippen LogP contribution in [0.5, 0.6) is 5.75 Å². The van der Waals surface area contributed by atoms with E-state index in [1.165, 1.54) is 4.68 Å². The number of carboxylic acids is 1. The summed E-state index contributed by atoms with van der Waals surface area (Å²) in [5.74, 6) is 0.384. The molecule has 1 aliphatic heterocycles. The third kappa shape index (κ3) is 2.14. The summed E-state index contributed by atoms with van der Waals surface area (Å²) in [7, 11) is 0. The van der Waals surface area contributed by atoms with Gasteiger partial charge in [0.15, 0.2) is 5.82 Å². The minimum Gasteiger partial charge on any atom is -0.493 e. The van der Waals surface area contributed by atoms with Gasteiger partial charge in [-0.25, -0.2) is 4.68 Å². The topological polar surface area (TPSA) is 90.1 Å². The van der Waals surface area contributed by atoms with Crippen molar-refractivity contribution in [1.82, 2.24) is 20.2 Å². The van der Waals surface area contributed by atoms with Crippen LogP contribution >= 0.6 is 0 Å². The number of hydrogen-bond acceptors (Lipinski definition) is 5. The van der Waals surface area contributed by atoms with Crippen molar-refractivity contribution in [2.24, 2.45) is 0 Å². The van der Waals surface area contributed by atoms with Gasteiger partial charge in [0.2, 0.25) is 0 Å². The molecule has 1 atom stereocenters. The Morgan fingerprint density at radius 1 is 1.47 bits per heavy atom. The molecule has 2 heterocycles. The van der Waals surface area contributed by atoms with Crippen LogP contribution in [0.2, 0.25) is 0 Å². The maximum Gasteiger partial charge on any atom is 0.325 e. The lowest BCUT2D eigenvalue weighted by atomic mass is 9.92. The molecule has 2 aromatic rings. The average molecular weight is 260 g/mol. The summed E-state index contributed by atoms with van der Waals surface area (Å²) in [6.45, 7) is 0.337. The normalized spacial score (nSPS) is 17.6. The number of tetrazole rings is 1. The van der Waals surface area contributed by atoms with Crippen LogP contribution < -0.4 is 4.74 Å². The minimum absolute atomic E-state index is 0.0284. The SMILES string of the molecule is O=C(O)Cn1nnnc1C1CCOc2ccccc21. The number of carbonyl (C=O) groups is 1. The van der Waals surface area contributed by atoms with Crippen molar-refractivity contribution in [1.29, 1.82) is 0 Å². The lowest BCUT2D eigenvalue weighted by molar-refractivity contribution is -0.138. The molecule has 19 heavy (non-hydrogen) atoms. The summed E-state index contributed by atoms with van der Waals surface area (Å²) in [6, 6.07) is 7.68. The van der Waals surface area contributed by atoms with Crippen LogP contribution in [-0.2, 0) is 11.3 Å². The first-order valence-electron chi connectivity index (χ1n) is 5.95. The molecule has 0 radical (unpaired) electrons. The smallest absolute Gasteiger partial charge is 0.325 e. The van der Waals surface area contributed by atoms with E-state index in [0.29, 0.717) is 12.4 Å². The molecule has 0 bridgehead atoms. The van der Waals surface area contributed by atoms with Gasteiger partial charge in [-0.3, -0.25) is 4.79 Å². The van der Waals surface area contributed by atoms with Crippen molar-refractivity contribution in [3.8, 4) is 5.75 Å². The summed E-state index contributed by atoms with van der Waals surface area (Å²) < 4.78 is 6.91. The van der Waals surface area contributed by atoms with Gasteiger partial charge in [-0.2, -0.15) is 0 Å². The predicted molar refractivity (Wildman–Crippen MR) is 63.8 cm³/mol. The Morgan fingerprint density at radius 2 is 2.32 bits per heavy atom. The van der Waals surface area contributed by atoms with Gasteiger partial charge in [0.25, 0.3) is 0 Å². The number of carboxylic acid groups (broad SMARTS) is 1. The van der Waals surface area contributed by atoms with Crippen molar-refractivity contribution in [2.75, 3.05) is 6.61 Å². The monoisotopic (exact) mass is 260 g/mol. The molecule has 1 unspecified atom stereocenters. The minimum atomic E-state index is -0.964. The Labute approximate surface area is 108 Å². The molecule has 3 rings (SSSR count). The van der Waals surface area contributed by atoms with Crippen molar-refractivity contribution < 1.29 is 14.6 Å². The number of aliphatic carboxylic acids is 1. The fourth-order valence-corrected chi connectivity index (χ4v) is 2.31. The predicted octanol–water partition coefficient (Wildman–Crippen LogP) is 0.672. The van der Waals surface area contributed by atoms with Crippen LogP contribution in [0.1, 0.15) is 23.7 Å². The summed E-state index contributed by atoms with van der Waals surface area (Å²) in [5.41, 5.74) is 0.996. The lowest BCUT2D eigenvalue weighted by Crippen LogP contribution is -2.21. The highest BCUT2D eigenvalue weighted by Crippen LogP contribution is 2.36. The first-order valence-corrected chi connectivity index (χ1v) is 5.95. The highest BCUT2D eigenvalue weighted by Gasteiger charge is 2.27. The molecule has 1 aromatic heterocycles. The van der Waals surface area contributed by atoms with E-state index < -0.39 is 5.97 Å². The third-order valence-electron chi connectivity index (χ3n) is 3.11. The molecule has 7 nitrogen and oxygen atoms in total. The fourth-order valence-electron chi connectivity index (χ4n) is 2.31. The Balaban J connectivity index is 2.00. The van der Waals surface area contributed by atoms with Gasteiger partial charge < -0.3 is 9.84 Å². The van der Waals surface area contributed by atoms with Crippen LogP contribution in [0.3, 0.4) is 0 Å². The number of nitrogens with zero attached hydrogens (tertiary/aromatic N) is 4. The van der Waals surface area contributed by atoms with E-state index in [1.54, 1.807) is 0 Å². The van der Waals surface area contributed by atoms with Gasteiger partial charge in [0.05, 0.1) is 12.5 Å². The van der Waals surface area contributed by atoms with E-state index in [2.05, 4.69) is 15.5 Å². The number of para-hydroxylation sites is 1. The maximum absolute atomic E-state index is 10.8.